The largest absolute Gasteiger partial charge is 0.493 e. The van der Waals surface area contributed by atoms with Crippen LogP contribution in [-0.4, -0.2) is 64.9 Å². The van der Waals surface area contributed by atoms with Crippen molar-refractivity contribution in [2.45, 2.75) is 33.3 Å². The van der Waals surface area contributed by atoms with Crippen molar-refractivity contribution in [1.82, 2.24) is 20.4 Å². The summed E-state index contributed by atoms with van der Waals surface area (Å²) in [6.07, 6.45) is 0.0760. The number of aliphatic hydroxyl groups excluding tert-OH is 2. The summed E-state index contributed by atoms with van der Waals surface area (Å²) in [5, 5.41) is 26.1. The number of halogens is 1. The van der Waals surface area contributed by atoms with Crippen molar-refractivity contribution >= 4 is 11.6 Å². The van der Waals surface area contributed by atoms with Gasteiger partial charge < -0.3 is 29.5 Å². The highest BCUT2D eigenvalue weighted by Crippen LogP contribution is 2.39. The average Bonchev–Trinajstić information content (AvgIpc) is 3.27. The molecule has 1 atom stereocenters. The van der Waals surface area contributed by atoms with Crippen LogP contribution in [0.1, 0.15) is 25.2 Å². The third kappa shape index (κ3) is 6.89. The Hall–Kier alpha value is -2.72. The van der Waals surface area contributed by atoms with Gasteiger partial charge in [0.2, 0.25) is 5.82 Å². The van der Waals surface area contributed by atoms with E-state index in [2.05, 4.69) is 34.3 Å². The molecule has 1 unspecified atom stereocenters. The average molecular weight is 491 g/mol. The molecule has 0 radical (unpaired) electrons. The van der Waals surface area contributed by atoms with Gasteiger partial charge in [0.25, 0.3) is 5.89 Å². The maximum Gasteiger partial charge on any atom is 0.258 e. The first-order valence-corrected chi connectivity index (χ1v) is 11.5. The van der Waals surface area contributed by atoms with Crippen molar-refractivity contribution in [3.05, 3.63) is 40.7 Å². The fraction of sp³-hybridized carbons (Fsp3) is 0.458. The summed E-state index contributed by atoms with van der Waals surface area (Å²) in [4.78, 5) is 9.13. The Balaban J connectivity index is 1.80. The molecule has 3 N–H and O–H groups in total. The minimum Gasteiger partial charge on any atom is -0.493 e. The zero-order valence-corrected chi connectivity index (χ0v) is 20.6. The van der Waals surface area contributed by atoms with Gasteiger partial charge in [0.05, 0.1) is 18.7 Å². The maximum absolute atomic E-state index is 10.0. The van der Waals surface area contributed by atoms with E-state index in [-0.39, 0.29) is 24.8 Å². The molecule has 0 aliphatic heterocycles. The Morgan fingerprint density at radius 2 is 1.94 bits per heavy atom. The second-order valence-electron chi connectivity index (χ2n) is 8.39. The van der Waals surface area contributed by atoms with E-state index in [0.717, 1.165) is 23.4 Å². The van der Waals surface area contributed by atoms with E-state index in [0.29, 0.717) is 41.2 Å². The van der Waals surface area contributed by atoms with Gasteiger partial charge >= 0.3 is 0 Å². The van der Waals surface area contributed by atoms with Crippen LogP contribution in [0.2, 0.25) is 5.02 Å². The number of pyridine rings is 1. The van der Waals surface area contributed by atoms with E-state index in [9.17, 15) is 5.11 Å². The van der Waals surface area contributed by atoms with Crippen molar-refractivity contribution in [2.75, 3.05) is 33.4 Å². The number of rotatable bonds is 12. The maximum atomic E-state index is 10.0. The van der Waals surface area contributed by atoms with Crippen LogP contribution < -0.4 is 14.8 Å². The number of methoxy groups -OCH3 is 1. The number of aryl methyl sites for hydroxylation is 1. The minimum atomic E-state index is -0.781. The number of aliphatic hydroxyl groups is 2. The van der Waals surface area contributed by atoms with Gasteiger partial charge in [-0.15, -0.1) is 0 Å². The molecule has 0 fully saturated rings. The Labute approximate surface area is 204 Å². The number of aromatic nitrogens is 3. The minimum absolute atomic E-state index is 0.000315. The molecule has 3 rings (SSSR count). The van der Waals surface area contributed by atoms with Crippen LogP contribution >= 0.6 is 11.6 Å². The topological polar surface area (TPSA) is 123 Å². The fourth-order valence-electron chi connectivity index (χ4n) is 3.42. The van der Waals surface area contributed by atoms with E-state index in [4.69, 9.17) is 30.7 Å². The van der Waals surface area contributed by atoms with Crippen LogP contribution in [0.25, 0.3) is 22.8 Å². The molecule has 0 bridgehead atoms. The number of hydrogen-bond acceptors (Lipinski definition) is 9. The molecule has 0 aliphatic carbocycles. The molecule has 0 aliphatic rings. The molecule has 9 nitrogen and oxygen atoms in total. The quantitative estimate of drug-likeness (QED) is 0.328. The number of benzene rings is 1. The van der Waals surface area contributed by atoms with Crippen molar-refractivity contribution < 1.29 is 24.2 Å². The van der Waals surface area contributed by atoms with Gasteiger partial charge in [0.1, 0.15) is 12.7 Å². The van der Waals surface area contributed by atoms with Crippen molar-refractivity contribution in [3.63, 3.8) is 0 Å². The summed E-state index contributed by atoms with van der Waals surface area (Å²) >= 11 is 6.46. The van der Waals surface area contributed by atoms with Gasteiger partial charge in [0.15, 0.2) is 11.5 Å². The van der Waals surface area contributed by atoms with Crippen molar-refractivity contribution in [2.24, 2.45) is 5.92 Å². The van der Waals surface area contributed by atoms with Crippen molar-refractivity contribution in [3.8, 4) is 34.3 Å². The normalized spacial score (nSPS) is 12.2. The molecule has 34 heavy (non-hydrogen) atoms. The Morgan fingerprint density at radius 1 is 1.15 bits per heavy atom. The fourth-order valence-corrected chi connectivity index (χ4v) is 3.68. The lowest BCUT2D eigenvalue weighted by Crippen LogP contribution is -2.33. The zero-order chi connectivity index (χ0) is 24.7. The molecule has 1 aromatic carbocycles. The number of nitrogens with one attached hydrogen (secondary N) is 1. The lowest BCUT2D eigenvalue weighted by molar-refractivity contribution is 0.103. The van der Waals surface area contributed by atoms with Crippen molar-refractivity contribution in [1.29, 1.82) is 0 Å². The second kappa shape index (κ2) is 12.1. The Kier molecular flexibility index (Phi) is 9.23. The van der Waals surface area contributed by atoms with Gasteiger partial charge in [-0.1, -0.05) is 30.6 Å². The molecule has 3 aromatic rings. The summed E-state index contributed by atoms with van der Waals surface area (Å²) in [6, 6.07) is 7.24. The number of nitrogens with zero attached hydrogens (tertiary/aromatic N) is 3. The molecule has 0 amide bonds. The molecule has 0 saturated carbocycles. The Bertz CT molecular complexity index is 1090. The third-order valence-corrected chi connectivity index (χ3v) is 5.15. The molecular weight excluding hydrogens is 460 g/mol. The highest BCUT2D eigenvalue weighted by atomic mass is 35.5. The standard InChI is InChI=1S/C24H31ClN4O5/c1-14(2)7-18-9-17(8-15(3)27-18)24-28-23(29-34-24)16-10-20(25)22(21(11-16)32-4)33-13-19(31)12-26-5-6-30/h8-11,14,19,26,30-31H,5-7,12-13H2,1-4H3. The van der Waals surface area contributed by atoms with Gasteiger partial charge in [-0.2, -0.15) is 4.98 Å². The predicted molar refractivity (Wildman–Crippen MR) is 129 cm³/mol. The number of ether oxygens (including phenoxy) is 2. The lowest BCUT2D eigenvalue weighted by Gasteiger charge is -2.16. The van der Waals surface area contributed by atoms with Gasteiger partial charge in [-0.3, -0.25) is 4.98 Å². The summed E-state index contributed by atoms with van der Waals surface area (Å²) in [6.45, 7) is 6.89. The van der Waals surface area contributed by atoms with E-state index >= 15 is 0 Å². The first-order chi connectivity index (χ1) is 16.3. The van der Waals surface area contributed by atoms with Gasteiger partial charge in [-0.05, 0) is 43.5 Å². The third-order valence-electron chi connectivity index (χ3n) is 4.87. The number of hydrogen-bond donors (Lipinski definition) is 3. The van der Waals surface area contributed by atoms with Gasteiger partial charge in [0, 0.05) is 35.6 Å². The predicted octanol–water partition coefficient (Wildman–Crippen LogP) is 3.29. The molecule has 0 spiro atoms. The van der Waals surface area contributed by atoms with E-state index in [1.165, 1.54) is 7.11 Å². The molecule has 184 valence electrons. The summed E-state index contributed by atoms with van der Waals surface area (Å²) in [7, 11) is 1.50. The SMILES string of the molecule is COc1cc(-c2noc(-c3cc(C)nc(CC(C)C)c3)n2)cc(Cl)c1OCC(O)CNCCO. The highest BCUT2D eigenvalue weighted by Gasteiger charge is 2.19. The monoisotopic (exact) mass is 490 g/mol. The zero-order valence-electron chi connectivity index (χ0n) is 19.8. The Morgan fingerprint density at radius 3 is 2.65 bits per heavy atom. The first kappa shape index (κ1) is 25.9. The van der Waals surface area contributed by atoms with E-state index in [1.54, 1.807) is 12.1 Å². The van der Waals surface area contributed by atoms with Crippen LogP contribution in [0.5, 0.6) is 11.5 Å². The highest BCUT2D eigenvalue weighted by molar-refractivity contribution is 6.32. The first-order valence-electron chi connectivity index (χ1n) is 11.1. The van der Waals surface area contributed by atoms with Crippen LogP contribution in [0.3, 0.4) is 0 Å². The molecular formula is C24H31ClN4O5. The lowest BCUT2D eigenvalue weighted by atomic mass is 10.1. The smallest absolute Gasteiger partial charge is 0.258 e. The van der Waals surface area contributed by atoms with Gasteiger partial charge in [-0.25, -0.2) is 0 Å². The summed E-state index contributed by atoms with van der Waals surface area (Å²) in [5.41, 5.74) is 3.27. The van der Waals surface area contributed by atoms with E-state index in [1.807, 2.05) is 19.1 Å². The summed E-state index contributed by atoms with van der Waals surface area (Å²) < 4.78 is 16.7. The summed E-state index contributed by atoms with van der Waals surface area (Å²) in [5.74, 6) is 1.91. The van der Waals surface area contributed by atoms with Crippen LogP contribution in [0.4, 0.5) is 0 Å². The molecule has 0 saturated heterocycles. The van der Waals surface area contributed by atoms with Crippen LogP contribution in [0.15, 0.2) is 28.8 Å². The van der Waals surface area contributed by atoms with E-state index < -0.39 is 6.10 Å². The molecule has 2 aromatic heterocycles. The second-order valence-corrected chi connectivity index (χ2v) is 8.80. The molecule has 10 heteroatoms. The molecule has 2 heterocycles. The van der Waals surface area contributed by atoms with Crippen LogP contribution in [-0.2, 0) is 6.42 Å². The van der Waals surface area contributed by atoms with Crippen LogP contribution in [0, 0.1) is 12.8 Å².